The fourth-order valence-electron chi connectivity index (χ4n) is 2.76. The highest BCUT2D eigenvalue weighted by molar-refractivity contribution is 5.09. The van der Waals surface area contributed by atoms with E-state index in [0.717, 1.165) is 18.4 Å². The van der Waals surface area contributed by atoms with Gasteiger partial charge < -0.3 is 9.67 Å². The van der Waals surface area contributed by atoms with Crippen LogP contribution >= 0.6 is 0 Å². The summed E-state index contributed by atoms with van der Waals surface area (Å²) in [5, 5.41) is 9.82. The molecule has 0 saturated heterocycles. The van der Waals surface area contributed by atoms with Gasteiger partial charge in [-0.2, -0.15) is 0 Å². The first-order chi connectivity index (χ1) is 7.92. The minimum atomic E-state index is -0.277. The van der Waals surface area contributed by atoms with Gasteiger partial charge in [0.15, 0.2) is 0 Å². The van der Waals surface area contributed by atoms with Gasteiger partial charge in [-0.25, -0.2) is 0 Å². The topological polar surface area (TPSA) is 42.2 Å². The lowest BCUT2D eigenvalue weighted by atomic mass is 9.72. The number of rotatable bonds is 1. The minimum absolute atomic E-state index is 0.0663. The Balaban J connectivity index is 2.43. The van der Waals surface area contributed by atoms with Crippen molar-refractivity contribution >= 4 is 0 Å². The molecule has 0 aromatic carbocycles. The van der Waals surface area contributed by atoms with Gasteiger partial charge in [0.05, 0.1) is 6.10 Å². The molecular weight excluding hydrogens is 214 g/mol. The highest BCUT2D eigenvalue weighted by Crippen LogP contribution is 2.43. The molecule has 94 valence electrons. The Morgan fingerprint density at radius 2 is 2.18 bits per heavy atom. The van der Waals surface area contributed by atoms with E-state index in [1.54, 1.807) is 4.57 Å². The molecule has 1 fully saturated rings. The van der Waals surface area contributed by atoms with Gasteiger partial charge in [0.1, 0.15) is 0 Å². The number of pyridine rings is 1. The number of nitrogens with zero attached hydrogens (tertiary/aromatic N) is 1. The summed E-state index contributed by atoms with van der Waals surface area (Å²) in [6.45, 7) is 6.20. The van der Waals surface area contributed by atoms with E-state index in [-0.39, 0.29) is 23.1 Å². The second-order valence-corrected chi connectivity index (χ2v) is 5.84. The van der Waals surface area contributed by atoms with Crippen LogP contribution in [-0.4, -0.2) is 15.8 Å². The highest BCUT2D eigenvalue weighted by Gasteiger charge is 2.37. The molecule has 1 aliphatic carbocycles. The molecule has 0 bridgehead atoms. The SMILES string of the molecule is Cc1cccn(C2CC(O)CCC2(C)C)c1=O. The molecule has 1 aromatic rings. The molecule has 2 unspecified atom stereocenters. The molecule has 0 amide bonds. The Bertz CT molecular complexity index is 462. The number of aliphatic hydroxyl groups excluding tert-OH is 1. The zero-order chi connectivity index (χ0) is 12.6. The highest BCUT2D eigenvalue weighted by atomic mass is 16.3. The summed E-state index contributed by atoms with van der Waals surface area (Å²) in [6.07, 6.45) is 4.04. The predicted molar refractivity (Wildman–Crippen MR) is 68.1 cm³/mol. The standard InChI is InChI=1S/C14H21NO2/c1-10-5-4-8-15(13(10)17)12-9-11(16)6-7-14(12,2)3/h4-5,8,11-12,16H,6-7,9H2,1-3H3. The second-order valence-electron chi connectivity index (χ2n) is 5.84. The molecule has 1 aromatic heterocycles. The molecule has 3 nitrogen and oxygen atoms in total. The van der Waals surface area contributed by atoms with Crippen LogP contribution in [0.4, 0.5) is 0 Å². The van der Waals surface area contributed by atoms with E-state index < -0.39 is 0 Å². The predicted octanol–water partition coefficient (Wildman–Crippen LogP) is 2.27. The summed E-state index contributed by atoms with van der Waals surface area (Å²) in [4.78, 5) is 12.1. The molecule has 1 heterocycles. The molecule has 3 heteroatoms. The first-order valence-electron chi connectivity index (χ1n) is 6.27. The average Bonchev–Trinajstić information content (AvgIpc) is 2.26. The van der Waals surface area contributed by atoms with Crippen molar-refractivity contribution < 1.29 is 5.11 Å². The maximum atomic E-state index is 12.1. The molecular formula is C14H21NO2. The molecule has 1 aliphatic rings. The Kier molecular flexibility index (Phi) is 3.13. The van der Waals surface area contributed by atoms with Crippen molar-refractivity contribution in [1.29, 1.82) is 0 Å². The van der Waals surface area contributed by atoms with Gasteiger partial charge in [-0.15, -0.1) is 0 Å². The zero-order valence-electron chi connectivity index (χ0n) is 10.8. The largest absolute Gasteiger partial charge is 0.393 e. The monoisotopic (exact) mass is 235 g/mol. The van der Waals surface area contributed by atoms with E-state index in [2.05, 4.69) is 13.8 Å². The van der Waals surface area contributed by atoms with Gasteiger partial charge in [0, 0.05) is 17.8 Å². The van der Waals surface area contributed by atoms with Crippen LogP contribution in [0.15, 0.2) is 23.1 Å². The van der Waals surface area contributed by atoms with Crippen molar-refractivity contribution in [3.05, 3.63) is 34.2 Å². The first-order valence-corrected chi connectivity index (χ1v) is 6.27. The summed E-state index contributed by atoms with van der Waals surface area (Å²) in [7, 11) is 0. The lowest BCUT2D eigenvalue weighted by Crippen LogP contribution is -2.40. The Morgan fingerprint density at radius 1 is 1.47 bits per heavy atom. The average molecular weight is 235 g/mol. The van der Waals surface area contributed by atoms with Crippen LogP contribution in [0.2, 0.25) is 0 Å². The number of aryl methyl sites for hydroxylation is 1. The number of hydrogen-bond acceptors (Lipinski definition) is 2. The molecule has 2 atom stereocenters. The first kappa shape index (κ1) is 12.4. The Hall–Kier alpha value is -1.09. The molecule has 0 spiro atoms. The molecule has 0 aliphatic heterocycles. The van der Waals surface area contributed by atoms with Crippen molar-refractivity contribution in [3.63, 3.8) is 0 Å². The van der Waals surface area contributed by atoms with E-state index in [0.29, 0.717) is 6.42 Å². The van der Waals surface area contributed by atoms with Crippen LogP contribution in [0.3, 0.4) is 0 Å². The number of hydrogen-bond donors (Lipinski definition) is 1. The smallest absolute Gasteiger partial charge is 0.253 e. The van der Waals surface area contributed by atoms with Crippen molar-refractivity contribution in [2.24, 2.45) is 5.41 Å². The summed E-state index contributed by atoms with van der Waals surface area (Å²) < 4.78 is 1.80. The van der Waals surface area contributed by atoms with E-state index in [1.807, 2.05) is 25.3 Å². The van der Waals surface area contributed by atoms with Crippen molar-refractivity contribution in [3.8, 4) is 0 Å². The van der Waals surface area contributed by atoms with Gasteiger partial charge in [0.25, 0.3) is 5.56 Å². The summed E-state index contributed by atoms with van der Waals surface area (Å²) in [5.74, 6) is 0. The van der Waals surface area contributed by atoms with E-state index in [4.69, 9.17) is 0 Å². The summed E-state index contributed by atoms with van der Waals surface area (Å²) in [6, 6.07) is 3.84. The van der Waals surface area contributed by atoms with Crippen molar-refractivity contribution in [2.45, 2.75) is 52.2 Å². The van der Waals surface area contributed by atoms with Crippen LogP contribution in [0.1, 0.15) is 44.7 Å². The van der Waals surface area contributed by atoms with Crippen LogP contribution in [-0.2, 0) is 0 Å². The zero-order valence-corrected chi connectivity index (χ0v) is 10.8. The molecule has 1 saturated carbocycles. The van der Waals surface area contributed by atoms with Crippen molar-refractivity contribution in [2.75, 3.05) is 0 Å². The Labute approximate surface area is 102 Å². The molecule has 17 heavy (non-hydrogen) atoms. The normalized spacial score (nSPS) is 28.0. The van der Waals surface area contributed by atoms with Crippen LogP contribution in [0.5, 0.6) is 0 Å². The van der Waals surface area contributed by atoms with Gasteiger partial charge in [-0.05, 0) is 37.7 Å². The van der Waals surface area contributed by atoms with E-state index in [9.17, 15) is 9.90 Å². The summed E-state index contributed by atoms with van der Waals surface area (Å²) in [5.41, 5.74) is 0.902. The second kappa shape index (κ2) is 4.30. The van der Waals surface area contributed by atoms with Crippen LogP contribution in [0.25, 0.3) is 0 Å². The molecule has 0 radical (unpaired) electrons. The third kappa shape index (κ3) is 2.29. The minimum Gasteiger partial charge on any atom is -0.393 e. The van der Waals surface area contributed by atoms with Gasteiger partial charge in [-0.1, -0.05) is 19.9 Å². The molecule has 2 rings (SSSR count). The van der Waals surface area contributed by atoms with Crippen molar-refractivity contribution in [1.82, 2.24) is 4.57 Å². The van der Waals surface area contributed by atoms with Gasteiger partial charge in [-0.3, -0.25) is 4.79 Å². The van der Waals surface area contributed by atoms with Gasteiger partial charge >= 0.3 is 0 Å². The number of aromatic nitrogens is 1. The van der Waals surface area contributed by atoms with Gasteiger partial charge in [0.2, 0.25) is 0 Å². The summed E-state index contributed by atoms with van der Waals surface area (Å²) >= 11 is 0. The third-order valence-electron chi connectivity index (χ3n) is 4.02. The van der Waals surface area contributed by atoms with E-state index >= 15 is 0 Å². The maximum Gasteiger partial charge on any atom is 0.253 e. The van der Waals surface area contributed by atoms with Crippen LogP contribution < -0.4 is 5.56 Å². The van der Waals surface area contributed by atoms with Crippen LogP contribution in [0, 0.1) is 12.3 Å². The van der Waals surface area contributed by atoms with E-state index in [1.165, 1.54) is 0 Å². The molecule has 1 N–H and O–H groups in total. The Morgan fingerprint density at radius 3 is 2.88 bits per heavy atom. The fraction of sp³-hybridized carbons (Fsp3) is 0.643. The quantitative estimate of drug-likeness (QED) is 0.811. The third-order valence-corrected chi connectivity index (χ3v) is 4.02. The fourth-order valence-corrected chi connectivity index (χ4v) is 2.76. The number of aliphatic hydroxyl groups is 1. The lowest BCUT2D eigenvalue weighted by Gasteiger charge is -2.41. The lowest BCUT2D eigenvalue weighted by molar-refractivity contribution is 0.0328. The maximum absolute atomic E-state index is 12.1.